The Hall–Kier alpha value is -0.870. The van der Waals surface area contributed by atoms with E-state index in [9.17, 15) is 4.21 Å². The Morgan fingerprint density at radius 1 is 1.29 bits per heavy atom. The van der Waals surface area contributed by atoms with Crippen molar-refractivity contribution < 1.29 is 8.95 Å². The number of hydrogen-bond donors (Lipinski definition) is 1. The van der Waals surface area contributed by atoms with Crippen molar-refractivity contribution in [3.05, 3.63) is 29.8 Å². The third-order valence-corrected chi connectivity index (χ3v) is 4.19. The molecule has 1 rings (SSSR count). The molecule has 0 radical (unpaired) electrons. The molecular formula is C13H21NO2S. The van der Waals surface area contributed by atoms with E-state index in [0.717, 1.165) is 11.3 Å². The van der Waals surface area contributed by atoms with Crippen molar-refractivity contribution >= 4 is 10.8 Å². The molecule has 4 heteroatoms. The molecule has 0 bridgehead atoms. The average Bonchev–Trinajstić information content (AvgIpc) is 2.27. The maximum Gasteiger partial charge on any atom is 0.123 e. The van der Waals surface area contributed by atoms with Gasteiger partial charge in [-0.15, -0.1) is 0 Å². The first kappa shape index (κ1) is 14.2. The van der Waals surface area contributed by atoms with Gasteiger partial charge < -0.3 is 10.5 Å². The summed E-state index contributed by atoms with van der Waals surface area (Å²) in [7, 11) is 0.750. The molecule has 0 saturated heterocycles. The van der Waals surface area contributed by atoms with E-state index in [1.54, 1.807) is 7.11 Å². The zero-order valence-electron chi connectivity index (χ0n) is 10.7. The topological polar surface area (TPSA) is 52.3 Å². The summed E-state index contributed by atoms with van der Waals surface area (Å²) in [5.74, 6) is 2.38. The van der Waals surface area contributed by atoms with Crippen LogP contribution >= 0.6 is 0 Å². The van der Waals surface area contributed by atoms with Gasteiger partial charge in [0.2, 0.25) is 0 Å². The fraction of sp³-hybridized carbons (Fsp3) is 0.538. The minimum atomic E-state index is -0.872. The highest BCUT2D eigenvalue weighted by molar-refractivity contribution is 7.85. The zero-order valence-corrected chi connectivity index (χ0v) is 11.5. The normalized spacial score (nSPS) is 14.6. The molecule has 1 aromatic carbocycles. The summed E-state index contributed by atoms with van der Waals surface area (Å²) in [6, 6.07) is 7.39. The first-order valence-corrected chi connectivity index (χ1v) is 7.26. The lowest BCUT2D eigenvalue weighted by Gasteiger charge is -2.15. The highest BCUT2D eigenvalue weighted by Gasteiger charge is 2.15. The second-order valence-corrected chi connectivity index (χ2v) is 6.06. The SMILES string of the molecule is COc1ccccc1C(N)CS(=O)CC(C)C. The molecule has 0 saturated carbocycles. The summed E-state index contributed by atoms with van der Waals surface area (Å²) in [5, 5.41) is 0. The number of hydrogen-bond acceptors (Lipinski definition) is 3. The van der Waals surface area contributed by atoms with Crippen LogP contribution in [0.1, 0.15) is 25.5 Å². The maximum atomic E-state index is 11.8. The Kier molecular flexibility index (Phi) is 5.65. The van der Waals surface area contributed by atoms with Gasteiger partial charge in [0.15, 0.2) is 0 Å². The lowest BCUT2D eigenvalue weighted by molar-refractivity contribution is 0.407. The summed E-state index contributed by atoms with van der Waals surface area (Å²) in [5.41, 5.74) is 7.00. The molecule has 0 amide bonds. The van der Waals surface area contributed by atoms with Crippen LogP contribution in [0.2, 0.25) is 0 Å². The van der Waals surface area contributed by atoms with Gasteiger partial charge >= 0.3 is 0 Å². The number of rotatable bonds is 6. The van der Waals surface area contributed by atoms with Crippen LogP contribution in [-0.2, 0) is 10.8 Å². The van der Waals surface area contributed by atoms with Crippen LogP contribution in [0.15, 0.2) is 24.3 Å². The number of nitrogens with two attached hydrogens (primary N) is 1. The quantitative estimate of drug-likeness (QED) is 0.847. The van der Waals surface area contributed by atoms with Gasteiger partial charge in [-0.2, -0.15) is 0 Å². The van der Waals surface area contributed by atoms with Gasteiger partial charge in [0.25, 0.3) is 0 Å². The molecule has 0 fully saturated rings. The van der Waals surface area contributed by atoms with E-state index in [1.807, 2.05) is 24.3 Å². The van der Waals surface area contributed by atoms with E-state index < -0.39 is 10.8 Å². The van der Waals surface area contributed by atoms with Crippen LogP contribution in [-0.4, -0.2) is 22.8 Å². The molecule has 3 nitrogen and oxygen atoms in total. The lowest BCUT2D eigenvalue weighted by atomic mass is 10.1. The minimum Gasteiger partial charge on any atom is -0.496 e. The van der Waals surface area contributed by atoms with E-state index in [0.29, 0.717) is 17.4 Å². The van der Waals surface area contributed by atoms with Gasteiger partial charge in [-0.1, -0.05) is 32.0 Å². The van der Waals surface area contributed by atoms with Crippen LogP contribution in [0.4, 0.5) is 0 Å². The summed E-state index contributed by atoms with van der Waals surface area (Å²) >= 11 is 0. The number of ether oxygens (including phenoxy) is 1. The van der Waals surface area contributed by atoms with Gasteiger partial charge in [0.05, 0.1) is 7.11 Å². The summed E-state index contributed by atoms with van der Waals surface area (Å²) < 4.78 is 17.1. The van der Waals surface area contributed by atoms with Crippen LogP contribution in [0.3, 0.4) is 0 Å². The van der Waals surface area contributed by atoms with Crippen LogP contribution < -0.4 is 10.5 Å². The fourth-order valence-electron chi connectivity index (χ4n) is 1.70. The molecule has 0 spiro atoms. The van der Waals surface area contributed by atoms with Crippen molar-refractivity contribution in [2.24, 2.45) is 11.7 Å². The average molecular weight is 255 g/mol. The van der Waals surface area contributed by atoms with E-state index in [2.05, 4.69) is 13.8 Å². The number of para-hydroxylation sites is 1. The number of methoxy groups -OCH3 is 1. The highest BCUT2D eigenvalue weighted by Crippen LogP contribution is 2.23. The van der Waals surface area contributed by atoms with Crippen LogP contribution in [0, 0.1) is 5.92 Å². The second kappa shape index (κ2) is 6.77. The van der Waals surface area contributed by atoms with Gasteiger partial charge in [0, 0.05) is 33.9 Å². The van der Waals surface area contributed by atoms with Crippen molar-refractivity contribution in [2.75, 3.05) is 18.6 Å². The summed E-state index contributed by atoms with van der Waals surface area (Å²) in [4.78, 5) is 0. The fourth-order valence-corrected chi connectivity index (χ4v) is 3.16. The standard InChI is InChI=1S/C13H21NO2S/c1-10(2)8-17(15)9-12(14)11-6-4-5-7-13(11)16-3/h4-7,10,12H,8-9,14H2,1-3H3. The molecule has 0 heterocycles. The third-order valence-electron chi connectivity index (χ3n) is 2.42. The molecule has 0 aliphatic carbocycles. The van der Waals surface area contributed by atoms with E-state index in [-0.39, 0.29) is 6.04 Å². The van der Waals surface area contributed by atoms with Crippen molar-refractivity contribution in [3.63, 3.8) is 0 Å². The van der Waals surface area contributed by atoms with Crippen molar-refractivity contribution in [1.82, 2.24) is 0 Å². The Balaban J connectivity index is 2.69. The van der Waals surface area contributed by atoms with Gasteiger partial charge in [-0.3, -0.25) is 4.21 Å². The number of benzene rings is 1. The lowest BCUT2D eigenvalue weighted by Crippen LogP contribution is -2.21. The van der Waals surface area contributed by atoms with Gasteiger partial charge in [0.1, 0.15) is 5.75 Å². The summed E-state index contributed by atoms with van der Waals surface area (Å²) in [6.07, 6.45) is 0. The minimum absolute atomic E-state index is 0.231. The van der Waals surface area contributed by atoms with Crippen LogP contribution in [0.5, 0.6) is 5.75 Å². The maximum absolute atomic E-state index is 11.8. The Labute approximate surface area is 106 Å². The van der Waals surface area contributed by atoms with Gasteiger partial charge in [-0.25, -0.2) is 0 Å². The highest BCUT2D eigenvalue weighted by atomic mass is 32.2. The Bertz CT molecular complexity index is 379. The second-order valence-electron chi connectivity index (χ2n) is 4.52. The van der Waals surface area contributed by atoms with Crippen molar-refractivity contribution in [3.8, 4) is 5.75 Å². The largest absolute Gasteiger partial charge is 0.496 e. The molecule has 0 aromatic heterocycles. The predicted octanol–water partition coefficient (Wildman–Crippen LogP) is 2.10. The first-order chi connectivity index (χ1) is 8.04. The van der Waals surface area contributed by atoms with Crippen LogP contribution in [0.25, 0.3) is 0 Å². The molecule has 2 unspecified atom stereocenters. The molecule has 0 aliphatic rings. The zero-order chi connectivity index (χ0) is 12.8. The van der Waals surface area contributed by atoms with Crippen molar-refractivity contribution in [2.45, 2.75) is 19.9 Å². The molecule has 17 heavy (non-hydrogen) atoms. The molecule has 1 aromatic rings. The molecule has 0 aliphatic heterocycles. The van der Waals surface area contributed by atoms with E-state index >= 15 is 0 Å². The van der Waals surface area contributed by atoms with E-state index in [1.165, 1.54) is 0 Å². The molecule has 2 atom stereocenters. The van der Waals surface area contributed by atoms with E-state index in [4.69, 9.17) is 10.5 Å². The Morgan fingerprint density at radius 2 is 1.94 bits per heavy atom. The smallest absolute Gasteiger partial charge is 0.123 e. The first-order valence-electron chi connectivity index (χ1n) is 5.78. The monoisotopic (exact) mass is 255 g/mol. The molecule has 2 N–H and O–H groups in total. The van der Waals surface area contributed by atoms with Gasteiger partial charge in [-0.05, 0) is 12.0 Å². The van der Waals surface area contributed by atoms with Crippen molar-refractivity contribution in [1.29, 1.82) is 0 Å². The molecule has 96 valence electrons. The predicted molar refractivity (Wildman–Crippen MR) is 72.6 cm³/mol. The summed E-state index contributed by atoms with van der Waals surface area (Å²) in [6.45, 7) is 4.12. The molecular weight excluding hydrogens is 234 g/mol. The Morgan fingerprint density at radius 3 is 2.53 bits per heavy atom. The third kappa shape index (κ3) is 4.48.